The molecule has 3 rings (SSSR count). The number of aromatic nitrogens is 2. The molecule has 0 atom stereocenters. The van der Waals surface area contributed by atoms with E-state index < -0.39 is 0 Å². The quantitative estimate of drug-likeness (QED) is 0.490. The molecule has 22 heavy (non-hydrogen) atoms. The van der Waals surface area contributed by atoms with Crippen molar-refractivity contribution < 1.29 is 4.79 Å². The molecule has 0 radical (unpaired) electrons. The van der Waals surface area contributed by atoms with Gasteiger partial charge in [-0.2, -0.15) is 0 Å². The summed E-state index contributed by atoms with van der Waals surface area (Å²) in [4.78, 5) is 18.1. The number of hydrogen-bond donors (Lipinski definition) is 0. The second kappa shape index (κ2) is 6.26. The number of rotatable bonds is 4. The Morgan fingerprint density at radius 3 is 2.68 bits per heavy atom. The van der Waals surface area contributed by atoms with Gasteiger partial charge in [0.1, 0.15) is 11.3 Å². The van der Waals surface area contributed by atoms with Crippen LogP contribution in [0.15, 0.2) is 52.0 Å². The molecule has 1 aromatic carbocycles. The summed E-state index contributed by atoms with van der Waals surface area (Å²) in [6.07, 6.45) is 1.92. The Kier molecular flexibility index (Phi) is 4.36. The van der Waals surface area contributed by atoms with E-state index in [0.717, 1.165) is 26.3 Å². The van der Waals surface area contributed by atoms with Gasteiger partial charge in [0.25, 0.3) is 0 Å². The highest BCUT2D eigenvalue weighted by Gasteiger charge is 2.16. The van der Waals surface area contributed by atoms with Crippen LogP contribution < -0.4 is 0 Å². The van der Waals surface area contributed by atoms with Crippen molar-refractivity contribution in [3.8, 4) is 0 Å². The molecule has 0 aliphatic heterocycles. The lowest BCUT2D eigenvalue weighted by atomic mass is 10.2. The molecule has 112 valence electrons. The van der Waals surface area contributed by atoms with Gasteiger partial charge < -0.3 is 0 Å². The summed E-state index contributed by atoms with van der Waals surface area (Å²) in [6, 6.07) is 12.0. The molecule has 0 N–H and O–H groups in total. The number of carbonyl (C=O) groups excluding carboxylic acids is 1. The average Bonchev–Trinajstić information content (AvgIpc) is 2.81. The third kappa shape index (κ3) is 3.10. The number of fused-ring (bicyclic) bond motifs is 1. The number of thioether (sulfide) groups is 1. The molecular weight excluding hydrogens is 360 g/mol. The van der Waals surface area contributed by atoms with Gasteiger partial charge in [0.15, 0.2) is 5.78 Å². The fraction of sp³-hybridized carbons (Fsp3) is 0.176. The Bertz CT molecular complexity index is 840. The third-order valence-corrected chi connectivity index (χ3v) is 4.94. The molecule has 0 bridgehead atoms. The lowest BCUT2D eigenvalue weighted by Crippen LogP contribution is -2.08. The molecule has 5 heteroatoms. The Balaban J connectivity index is 1.83. The van der Waals surface area contributed by atoms with Crippen molar-refractivity contribution in [1.29, 1.82) is 0 Å². The minimum atomic E-state index is 0.0989. The maximum atomic E-state index is 12.6. The lowest BCUT2D eigenvalue weighted by molar-refractivity contribution is 0.101. The van der Waals surface area contributed by atoms with Crippen molar-refractivity contribution in [3.63, 3.8) is 0 Å². The summed E-state index contributed by atoms with van der Waals surface area (Å²) in [7, 11) is 0. The number of ketones is 1. The van der Waals surface area contributed by atoms with E-state index in [-0.39, 0.29) is 5.78 Å². The second-order valence-corrected chi connectivity index (χ2v) is 7.11. The molecular formula is C17H15BrN2OS. The van der Waals surface area contributed by atoms with E-state index in [4.69, 9.17) is 0 Å². The molecule has 0 amide bonds. The van der Waals surface area contributed by atoms with Crippen molar-refractivity contribution in [1.82, 2.24) is 9.38 Å². The molecule has 0 fully saturated rings. The molecule has 2 aromatic heterocycles. The molecule has 0 aliphatic rings. The maximum Gasteiger partial charge on any atom is 0.191 e. The minimum Gasteiger partial charge on any atom is -0.297 e. The zero-order valence-electron chi connectivity index (χ0n) is 12.3. The molecule has 3 nitrogen and oxygen atoms in total. The number of benzene rings is 1. The summed E-state index contributed by atoms with van der Waals surface area (Å²) < 4.78 is 2.92. The van der Waals surface area contributed by atoms with Crippen molar-refractivity contribution in [2.45, 2.75) is 18.7 Å². The van der Waals surface area contributed by atoms with Crippen LogP contribution in [0.5, 0.6) is 0 Å². The number of imidazole rings is 1. The first-order chi connectivity index (χ1) is 10.5. The lowest BCUT2D eigenvalue weighted by Gasteiger charge is -2.04. The standard InChI is InChI=1S/C17H15BrN2OS/c1-11-7-8-20-16(9-11)19-12(2)17(20)15(21)10-22-14-5-3-13(18)4-6-14/h3-9H,10H2,1-2H3. The van der Waals surface area contributed by atoms with E-state index in [0.29, 0.717) is 11.4 Å². The van der Waals surface area contributed by atoms with Crippen LogP contribution in [-0.4, -0.2) is 20.9 Å². The van der Waals surface area contributed by atoms with E-state index in [9.17, 15) is 4.79 Å². The fourth-order valence-corrected chi connectivity index (χ4v) is 3.38. The monoisotopic (exact) mass is 374 g/mol. The van der Waals surface area contributed by atoms with Gasteiger partial charge in [-0.05, 0) is 55.8 Å². The van der Waals surface area contributed by atoms with Gasteiger partial charge in [-0.3, -0.25) is 9.20 Å². The normalized spacial score (nSPS) is 11.0. The van der Waals surface area contributed by atoms with E-state index >= 15 is 0 Å². The highest BCUT2D eigenvalue weighted by Crippen LogP contribution is 2.23. The molecule has 0 aliphatic carbocycles. The van der Waals surface area contributed by atoms with E-state index in [1.165, 1.54) is 0 Å². The number of nitrogens with zero attached hydrogens (tertiary/aromatic N) is 2. The zero-order valence-corrected chi connectivity index (χ0v) is 14.7. The molecule has 0 unspecified atom stereocenters. The SMILES string of the molecule is Cc1ccn2c(C(=O)CSc3ccc(Br)cc3)c(C)nc2c1. The Morgan fingerprint density at radius 1 is 1.23 bits per heavy atom. The molecule has 2 heterocycles. The first-order valence-corrected chi connectivity index (χ1v) is 8.69. The molecule has 0 saturated heterocycles. The van der Waals surface area contributed by atoms with Crippen LogP contribution in [0.3, 0.4) is 0 Å². The van der Waals surface area contributed by atoms with Crippen LogP contribution in [-0.2, 0) is 0 Å². The fourth-order valence-electron chi connectivity index (χ4n) is 2.35. The Labute approximate surface area is 141 Å². The van der Waals surface area contributed by atoms with E-state index in [1.54, 1.807) is 11.8 Å². The number of hydrogen-bond acceptors (Lipinski definition) is 3. The van der Waals surface area contributed by atoms with Gasteiger partial charge in [-0.1, -0.05) is 15.9 Å². The number of aryl methyl sites for hydroxylation is 2. The number of Topliss-reactive ketones (excluding diaryl/α,β-unsaturated/α-hetero) is 1. The van der Waals surface area contributed by atoms with E-state index in [2.05, 4.69) is 20.9 Å². The first-order valence-electron chi connectivity index (χ1n) is 6.91. The van der Waals surface area contributed by atoms with Gasteiger partial charge >= 0.3 is 0 Å². The zero-order chi connectivity index (χ0) is 15.7. The highest BCUT2D eigenvalue weighted by molar-refractivity contribution is 9.10. The number of halogens is 1. The van der Waals surface area contributed by atoms with E-state index in [1.807, 2.05) is 60.8 Å². The van der Waals surface area contributed by atoms with Crippen LogP contribution in [0.2, 0.25) is 0 Å². The predicted octanol–water partition coefficient (Wildman–Crippen LogP) is 4.69. The third-order valence-electron chi connectivity index (χ3n) is 3.40. The van der Waals surface area contributed by atoms with Crippen molar-refractivity contribution >= 4 is 39.1 Å². The summed E-state index contributed by atoms with van der Waals surface area (Å²) >= 11 is 4.96. The van der Waals surface area contributed by atoms with Crippen molar-refractivity contribution in [2.24, 2.45) is 0 Å². The Hall–Kier alpha value is -1.59. The smallest absolute Gasteiger partial charge is 0.191 e. The van der Waals surface area contributed by atoms with Gasteiger partial charge in [-0.15, -0.1) is 11.8 Å². The first kappa shape index (κ1) is 15.3. The minimum absolute atomic E-state index is 0.0989. The topological polar surface area (TPSA) is 34.4 Å². The molecule has 0 saturated carbocycles. The predicted molar refractivity (Wildman–Crippen MR) is 93.9 cm³/mol. The van der Waals surface area contributed by atoms with Gasteiger partial charge in [0.05, 0.1) is 11.4 Å². The van der Waals surface area contributed by atoms with Crippen LogP contribution in [0.1, 0.15) is 21.7 Å². The largest absolute Gasteiger partial charge is 0.297 e. The summed E-state index contributed by atoms with van der Waals surface area (Å²) in [5, 5.41) is 0. The number of pyridine rings is 1. The van der Waals surface area contributed by atoms with Crippen LogP contribution in [0, 0.1) is 13.8 Å². The van der Waals surface area contributed by atoms with Gasteiger partial charge in [-0.25, -0.2) is 4.98 Å². The van der Waals surface area contributed by atoms with Crippen molar-refractivity contribution in [3.05, 3.63) is 64.0 Å². The Morgan fingerprint density at radius 2 is 1.95 bits per heavy atom. The molecule has 3 aromatic rings. The maximum absolute atomic E-state index is 12.6. The summed E-state index contributed by atoms with van der Waals surface area (Å²) in [5.41, 5.74) is 3.43. The van der Waals surface area contributed by atoms with Crippen LogP contribution in [0.25, 0.3) is 5.65 Å². The second-order valence-electron chi connectivity index (χ2n) is 5.14. The van der Waals surface area contributed by atoms with Gasteiger partial charge in [0.2, 0.25) is 0 Å². The molecule has 0 spiro atoms. The average molecular weight is 375 g/mol. The highest BCUT2D eigenvalue weighted by atomic mass is 79.9. The van der Waals surface area contributed by atoms with Gasteiger partial charge in [0, 0.05) is 15.6 Å². The summed E-state index contributed by atoms with van der Waals surface area (Å²) in [6.45, 7) is 3.91. The van der Waals surface area contributed by atoms with Crippen LogP contribution >= 0.6 is 27.7 Å². The van der Waals surface area contributed by atoms with Crippen LogP contribution in [0.4, 0.5) is 0 Å². The van der Waals surface area contributed by atoms with Crippen molar-refractivity contribution in [2.75, 3.05) is 5.75 Å². The number of carbonyl (C=O) groups is 1. The summed E-state index contributed by atoms with van der Waals surface area (Å²) in [5.74, 6) is 0.506.